The highest BCUT2D eigenvalue weighted by molar-refractivity contribution is 7.90. The highest BCUT2D eigenvalue weighted by Gasteiger charge is 2.29. The summed E-state index contributed by atoms with van der Waals surface area (Å²) in [7, 11) is -0.414. The van der Waals surface area contributed by atoms with E-state index in [9.17, 15) is 18.0 Å². The van der Waals surface area contributed by atoms with Crippen LogP contribution in [0, 0.1) is 5.92 Å². The van der Waals surface area contributed by atoms with Crippen LogP contribution < -0.4 is 14.8 Å². The molecule has 166 valence electrons. The van der Waals surface area contributed by atoms with E-state index in [0.29, 0.717) is 43.0 Å². The molecule has 1 saturated heterocycles. The number of amides is 2. The van der Waals surface area contributed by atoms with E-state index in [1.54, 1.807) is 41.3 Å². The predicted molar refractivity (Wildman–Crippen MR) is 116 cm³/mol. The van der Waals surface area contributed by atoms with Crippen molar-refractivity contribution in [1.82, 2.24) is 4.90 Å². The molecular weight excluding hydrogens is 420 g/mol. The third-order valence-corrected chi connectivity index (χ3v) is 6.45. The molecule has 2 aromatic rings. The molecule has 1 fully saturated rings. The minimum atomic E-state index is -3.46. The molecule has 0 aliphatic carbocycles. The Kier molecular flexibility index (Phi) is 6.84. The summed E-state index contributed by atoms with van der Waals surface area (Å²) in [5, 5.41) is 2.74. The minimum Gasteiger partial charge on any atom is -0.497 e. The highest BCUT2D eigenvalue weighted by Crippen LogP contribution is 2.27. The molecule has 0 bridgehead atoms. The first-order valence-corrected chi connectivity index (χ1v) is 11.7. The molecule has 1 aliphatic rings. The van der Waals surface area contributed by atoms with Gasteiger partial charge in [0, 0.05) is 36.9 Å². The van der Waals surface area contributed by atoms with Gasteiger partial charge in [-0.05, 0) is 37.1 Å². The number of carbonyl (C=O) groups is 2. The standard InChI is InChI=1S/C22H26N2O6S/c1-29-17-12-16(13-18(14-17)30-2)22(26)24-10-8-15(9-11-24)21(25)23-19-6-4-5-7-20(19)31(3,27)28/h4-7,12-15H,8-11H2,1-3H3,(H,23,25). The summed E-state index contributed by atoms with van der Waals surface area (Å²) in [6.07, 6.45) is 2.08. The first-order valence-electron chi connectivity index (χ1n) is 9.85. The van der Waals surface area contributed by atoms with E-state index in [1.807, 2.05) is 0 Å². The van der Waals surface area contributed by atoms with E-state index in [2.05, 4.69) is 5.32 Å². The lowest BCUT2D eigenvalue weighted by atomic mass is 9.95. The number of para-hydroxylation sites is 1. The van der Waals surface area contributed by atoms with Gasteiger partial charge in [-0.15, -0.1) is 0 Å². The second kappa shape index (κ2) is 9.38. The first kappa shape index (κ1) is 22.6. The van der Waals surface area contributed by atoms with E-state index in [4.69, 9.17) is 9.47 Å². The Morgan fingerprint density at radius 2 is 1.58 bits per heavy atom. The van der Waals surface area contributed by atoms with Crippen LogP contribution in [0.15, 0.2) is 47.4 Å². The van der Waals surface area contributed by atoms with Crippen LogP contribution in [0.4, 0.5) is 5.69 Å². The number of hydrogen-bond acceptors (Lipinski definition) is 6. The summed E-state index contributed by atoms with van der Waals surface area (Å²) in [6, 6.07) is 11.3. The molecule has 0 aromatic heterocycles. The Morgan fingerprint density at radius 1 is 1.00 bits per heavy atom. The van der Waals surface area contributed by atoms with E-state index in [0.717, 1.165) is 6.26 Å². The lowest BCUT2D eigenvalue weighted by molar-refractivity contribution is -0.121. The molecule has 1 N–H and O–H groups in total. The molecule has 31 heavy (non-hydrogen) atoms. The van der Waals surface area contributed by atoms with Crippen LogP contribution in [0.2, 0.25) is 0 Å². The minimum absolute atomic E-state index is 0.0861. The van der Waals surface area contributed by atoms with Crippen molar-refractivity contribution in [2.24, 2.45) is 5.92 Å². The Balaban J connectivity index is 1.65. The molecule has 8 nitrogen and oxygen atoms in total. The number of ether oxygens (including phenoxy) is 2. The number of piperidine rings is 1. The highest BCUT2D eigenvalue weighted by atomic mass is 32.2. The maximum Gasteiger partial charge on any atom is 0.254 e. The molecule has 1 aliphatic heterocycles. The van der Waals surface area contributed by atoms with Crippen LogP contribution in [0.5, 0.6) is 11.5 Å². The number of anilines is 1. The van der Waals surface area contributed by atoms with Crippen LogP contribution in [0.25, 0.3) is 0 Å². The van der Waals surface area contributed by atoms with Crippen LogP contribution in [0.3, 0.4) is 0 Å². The van der Waals surface area contributed by atoms with E-state index in [1.165, 1.54) is 20.3 Å². The lowest BCUT2D eigenvalue weighted by Crippen LogP contribution is -2.41. The molecule has 0 atom stereocenters. The van der Waals surface area contributed by atoms with Gasteiger partial charge in [-0.2, -0.15) is 0 Å². The zero-order chi connectivity index (χ0) is 22.6. The molecule has 9 heteroatoms. The Labute approximate surface area is 182 Å². The van der Waals surface area contributed by atoms with Crippen molar-refractivity contribution in [2.45, 2.75) is 17.7 Å². The van der Waals surface area contributed by atoms with Gasteiger partial charge in [0.2, 0.25) is 5.91 Å². The number of carbonyl (C=O) groups excluding carboxylic acids is 2. The maximum absolute atomic E-state index is 12.9. The van der Waals surface area contributed by atoms with Gasteiger partial charge in [0.05, 0.1) is 24.8 Å². The number of likely N-dealkylation sites (tertiary alicyclic amines) is 1. The number of nitrogens with zero attached hydrogens (tertiary/aromatic N) is 1. The Bertz CT molecular complexity index is 1050. The quantitative estimate of drug-likeness (QED) is 0.732. The fourth-order valence-electron chi connectivity index (χ4n) is 3.59. The SMILES string of the molecule is COc1cc(OC)cc(C(=O)N2CCC(C(=O)Nc3ccccc3S(C)(=O)=O)CC2)c1. The summed E-state index contributed by atoms with van der Waals surface area (Å²) in [5.41, 5.74) is 0.734. The summed E-state index contributed by atoms with van der Waals surface area (Å²) in [5.74, 6) is 0.351. The van der Waals surface area contributed by atoms with Gasteiger partial charge >= 0.3 is 0 Å². The normalized spacial score (nSPS) is 14.7. The molecule has 0 unspecified atom stereocenters. The topological polar surface area (TPSA) is 102 Å². The number of nitrogens with one attached hydrogen (secondary N) is 1. The van der Waals surface area contributed by atoms with Gasteiger partial charge in [-0.3, -0.25) is 9.59 Å². The molecular formula is C22H26N2O6S. The third-order valence-electron chi connectivity index (χ3n) is 5.30. The third kappa shape index (κ3) is 5.35. The average molecular weight is 447 g/mol. The van der Waals surface area contributed by atoms with Crippen molar-refractivity contribution in [1.29, 1.82) is 0 Å². The molecule has 0 saturated carbocycles. The van der Waals surface area contributed by atoms with E-state index >= 15 is 0 Å². The molecule has 1 heterocycles. The predicted octanol–water partition coefficient (Wildman–Crippen LogP) is 2.60. The number of hydrogen-bond donors (Lipinski definition) is 1. The van der Waals surface area contributed by atoms with E-state index < -0.39 is 9.84 Å². The average Bonchev–Trinajstić information content (AvgIpc) is 2.77. The molecule has 2 amide bonds. The zero-order valence-electron chi connectivity index (χ0n) is 17.8. The Hall–Kier alpha value is -3.07. The van der Waals surface area contributed by atoms with Gasteiger partial charge < -0.3 is 19.7 Å². The number of sulfone groups is 1. The van der Waals surface area contributed by atoms with Gasteiger partial charge in [-0.1, -0.05) is 12.1 Å². The number of methoxy groups -OCH3 is 2. The second-order valence-electron chi connectivity index (χ2n) is 7.43. The summed E-state index contributed by atoms with van der Waals surface area (Å²) < 4.78 is 34.3. The maximum atomic E-state index is 12.9. The fourth-order valence-corrected chi connectivity index (χ4v) is 4.43. The first-order chi connectivity index (χ1) is 14.7. The van der Waals surface area contributed by atoms with Gasteiger partial charge in [-0.25, -0.2) is 8.42 Å². The zero-order valence-corrected chi connectivity index (χ0v) is 18.6. The summed E-state index contributed by atoms with van der Waals surface area (Å²) in [4.78, 5) is 27.4. The van der Waals surface area contributed by atoms with Crippen molar-refractivity contribution in [2.75, 3.05) is 38.9 Å². The van der Waals surface area contributed by atoms with E-state index in [-0.39, 0.29) is 28.3 Å². The molecule has 3 rings (SSSR count). The number of benzene rings is 2. The summed E-state index contributed by atoms with van der Waals surface area (Å²) >= 11 is 0. The van der Waals surface area contributed by atoms with Crippen molar-refractivity contribution < 1.29 is 27.5 Å². The summed E-state index contributed by atoms with van der Waals surface area (Å²) in [6.45, 7) is 0.842. The van der Waals surface area contributed by atoms with Gasteiger partial charge in [0.1, 0.15) is 11.5 Å². The molecule has 0 radical (unpaired) electrons. The Morgan fingerprint density at radius 3 is 2.13 bits per heavy atom. The van der Waals surface area contributed by atoms with Gasteiger partial charge in [0.25, 0.3) is 5.91 Å². The second-order valence-corrected chi connectivity index (χ2v) is 9.41. The van der Waals surface area contributed by atoms with Crippen molar-refractivity contribution >= 4 is 27.3 Å². The van der Waals surface area contributed by atoms with Gasteiger partial charge in [0.15, 0.2) is 9.84 Å². The van der Waals surface area contributed by atoms with Crippen LogP contribution >= 0.6 is 0 Å². The number of rotatable bonds is 6. The molecule has 2 aromatic carbocycles. The van der Waals surface area contributed by atoms with Crippen LogP contribution in [0.1, 0.15) is 23.2 Å². The smallest absolute Gasteiger partial charge is 0.254 e. The fraction of sp³-hybridized carbons (Fsp3) is 0.364. The van der Waals surface area contributed by atoms with Crippen molar-refractivity contribution in [3.05, 3.63) is 48.0 Å². The lowest BCUT2D eigenvalue weighted by Gasteiger charge is -2.31. The van der Waals surface area contributed by atoms with Crippen LogP contribution in [-0.2, 0) is 14.6 Å². The van der Waals surface area contributed by atoms with Crippen molar-refractivity contribution in [3.63, 3.8) is 0 Å². The monoisotopic (exact) mass is 446 g/mol. The molecule has 0 spiro atoms. The van der Waals surface area contributed by atoms with Crippen LogP contribution in [-0.4, -0.2) is 58.7 Å². The largest absolute Gasteiger partial charge is 0.497 e. The van der Waals surface area contributed by atoms with Crippen molar-refractivity contribution in [3.8, 4) is 11.5 Å².